The average molecular weight is 786 g/mol. The molecule has 0 aromatic heterocycles. The van der Waals surface area contributed by atoms with Crippen LogP contribution in [0.3, 0.4) is 0 Å². The summed E-state index contributed by atoms with van der Waals surface area (Å²) in [6.07, 6.45) is 11.1. The molecule has 1 unspecified atom stereocenters. The van der Waals surface area contributed by atoms with Gasteiger partial charge in [-0.1, -0.05) is 0 Å². The quantitative estimate of drug-likeness (QED) is 0.185. The van der Waals surface area contributed by atoms with Gasteiger partial charge in [0.05, 0.1) is 0 Å². The third-order valence-corrected chi connectivity index (χ3v) is 18.4. The van der Waals surface area contributed by atoms with Gasteiger partial charge in [0, 0.05) is 0 Å². The molecule has 3 aromatic carbocycles. The molecule has 50 heavy (non-hydrogen) atoms. The molecule has 0 saturated heterocycles. The minimum absolute atomic E-state index is 0. The Hall–Kier alpha value is -1.06. The average Bonchev–Trinajstić information content (AvgIpc) is 3.40. The smallest absolute Gasteiger partial charge is 1.00 e. The van der Waals surface area contributed by atoms with E-state index < -0.39 is 8.07 Å². The number of unbranched alkanes of at least 4 members (excludes halogenated alkanes) is 1. The SMILES string of the molecule is CCCCC1=CC=C[C]1([Ti+3])[Si](c1cc(C(C)C)cc(C(C)C)c1)(c1cc(C(C)C)cc(C(C)C)c1)c1cc(C(C)C)cc(C(C)C)c1.[Cl-].[Cl-].[Cl-]. The van der Waals surface area contributed by atoms with E-state index in [1.54, 1.807) is 21.1 Å². The van der Waals surface area contributed by atoms with Gasteiger partial charge < -0.3 is 37.2 Å². The van der Waals surface area contributed by atoms with Crippen molar-refractivity contribution < 1.29 is 57.7 Å². The van der Waals surface area contributed by atoms with Gasteiger partial charge in [-0.25, -0.2) is 0 Å². The molecule has 1 atom stereocenters. The van der Waals surface area contributed by atoms with Crippen molar-refractivity contribution in [3.63, 3.8) is 0 Å². The summed E-state index contributed by atoms with van der Waals surface area (Å²) in [4.78, 5) is 0. The Morgan fingerprint density at radius 1 is 0.500 bits per heavy atom. The van der Waals surface area contributed by atoms with E-state index in [1.807, 2.05) is 0 Å². The molecule has 0 fully saturated rings. The van der Waals surface area contributed by atoms with Crippen molar-refractivity contribution in [2.75, 3.05) is 0 Å². The molecule has 0 aliphatic heterocycles. The largest absolute Gasteiger partial charge is 1.00 e. The van der Waals surface area contributed by atoms with Crippen molar-refractivity contribution >= 4 is 23.6 Å². The number of hydrogen-bond donors (Lipinski definition) is 0. The van der Waals surface area contributed by atoms with Crippen LogP contribution in [0.4, 0.5) is 0 Å². The van der Waals surface area contributed by atoms with Crippen molar-refractivity contribution in [3.8, 4) is 0 Å². The van der Waals surface area contributed by atoms with Gasteiger partial charge in [-0.3, -0.25) is 0 Å². The van der Waals surface area contributed by atoms with E-state index in [0.29, 0.717) is 35.5 Å². The van der Waals surface area contributed by atoms with Crippen LogP contribution in [0.1, 0.15) is 178 Å². The van der Waals surface area contributed by atoms with Crippen molar-refractivity contribution in [3.05, 3.63) is 112 Å². The summed E-state index contributed by atoms with van der Waals surface area (Å²) in [5, 5.41) is 4.74. The number of hydrogen-bond acceptors (Lipinski definition) is 0. The van der Waals surface area contributed by atoms with Gasteiger partial charge in [0.25, 0.3) is 0 Å². The molecule has 0 nitrogen and oxygen atoms in total. The molecule has 1 aliphatic rings. The Balaban J connectivity index is 0.00000417. The topological polar surface area (TPSA) is 0 Å². The zero-order chi connectivity index (χ0) is 34.8. The molecule has 0 saturated carbocycles. The predicted octanol–water partition coefficient (Wildman–Crippen LogP) is 2.84. The molecule has 5 heteroatoms. The zero-order valence-electron chi connectivity index (χ0n) is 33.1. The van der Waals surface area contributed by atoms with E-state index in [4.69, 9.17) is 0 Å². The zero-order valence-corrected chi connectivity index (χ0v) is 38.0. The summed E-state index contributed by atoms with van der Waals surface area (Å²) in [5.41, 5.74) is 10.5. The molecular weight excluding hydrogens is 723 g/mol. The molecule has 4 rings (SSSR count). The number of benzene rings is 3. The number of halogens is 3. The molecule has 272 valence electrons. The minimum atomic E-state index is -2.85. The Kier molecular flexibility index (Phi) is 18.1. The van der Waals surface area contributed by atoms with Gasteiger partial charge in [-0.05, 0) is 0 Å². The number of rotatable bonds is 13. The summed E-state index contributed by atoms with van der Waals surface area (Å²) < 4.78 is -0.111. The maximum absolute atomic E-state index is 2.85. The van der Waals surface area contributed by atoms with Crippen LogP contribution in [0.15, 0.2) is 78.4 Å². The summed E-state index contributed by atoms with van der Waals surface area (Å²) in [5.74, 6) is 2.76. The van der Waals surface area contributed by atoms with E-state index in [1.165, 1.54) is 46.2 Å². The molecular formula is C45H63Cl3SiTi. The molecule has 0 bridgehead atoms. The Bertz CT molecular complexity index is 1380. The molecule has 1 aliphatic carbocycles. The molecule has 0 amide bonds. The van der Waals surface area contributed by atoms with E-state index in [-0.39, 0.29) is 40.6 Å². The molecule has 3 aromatic rings. The molecule has 0 N–H and O–H groups in total. The summed E-state index contributed by atoms with van der Waals surface area (Å²) in [7, 11) is -2.85. The third-order valence-electron chi connectivity index (χ3n) is 10.8. The second-order valence-electron chi connectivity index (χ2n) is 16.3. The summed E-state index contributed by atoms with van der Waals surface area (Å²) in [6.45, 7) is 30.9. The van der Waals surface area contributed by atoms with Crippen LogP contribution in [0.5, 0.6) is 0 Å². The van der Waals surface area contributed by atoms with Crippen LogP contribution < -0.4 is 52.8 Å². The fourth-order valence-corrected chi connectivity index (χ4v) is 15.6. The standard InChI is InChI=1S/C45H63Si.3ClH.Ti/c1-14-15-17-35-18-16-19-45(35)46(42-23-36(29(2)3)20-37(24-42)30(4)5,43-25-38(31(6)7)21-39(26-43)32(8)9)44-27-40(33(10)11)22-41(28-44)34(12)13;;;;/h16,18-34H,14-15,17H2,1-13H3;3*1H;/q;;;;+3/p-3. The van der Waals surface area contributed by atoms with Crippen molar-refractivity contribution in [2.45, 2.75) is 148 Å². The Morgan fingerprint density at radius 3 is 1.02 bits per heavy atom. The van der Waals surface area contributed by atoms with Gasteiger partial charge in [0.2, 0.25) is 0 Å². The first-order valence-corrected chi connectivity index (χ1v) is 21.4. The number of allylic oxidation sites excluding steroid dienone is 4. The van der Waals surface area contributed by atoms with Gasteiger partial charge in [-0.2, -0.15) is 0 Å². The van der Waals surface area contributed by atoms with E-state index in [9.17, 15) is 0 Å². The first kappa shape index (κ1) is 47.0. The van der Waals surface area contributed by atoms with Crippen LogP contribution in [0.25, 0.3) is 0 Å². The molecule has 0 heterocycles. The van der Waals surface area contributed by atoms with Crippen molar-refractivity contribution in [2.24, 2.45) is 0 Å². The second-order valence-corrected chi connectivity index (χ2v) is 22.3. The summed E-state index contributed by atoms with van der Waals surface area (Å²) in [6, 6.07) is 23.5. The fourth-order valence-electron chi connectivity index (χ4n) is 7.42. The van der Waals surface area contributed by atoms with E-state index >= 15 is 0 Å². The second kappa shape index (κ2) is 19.3. The van der Waals surface area contributed by atoms with Gasteiger partial charge in [0.15, 0.2) is 0 Å². The van der Waals surface area contributed by atoms with Crippen LogP contribution in [-0.4, -0.2) is 8.07 Å². The maximum Gasteiger partial charge on any atom is -1.00 e. The monoisotopic (exact) mass is 784 g/mol. The first-order valence-electron chi connectivity index (χ1n) is 18.7. The maximum atomic E-state index is 2.66. The molecule has 0 radical (unpaired) electrons. The van der Waals surface area contributed by atoms with Gasteiger partial charge >= 0.3 is 304 Å². The van der Waals surface area contributed by atoms with Gasteiger partial charge in [-0.15, -0.1) is 0 Å². The van der Waals surface area contributed by atoms with Crippen LogP contribution in [-0.2, 0) is 20.4 Å². The van der Waals surface area contributed by atoms with Crippen molar-refractivity contribution in [1.82, 2.24) is 0 Å². The first-order chi connectivity index (χ1) is 22.1. The summed E-state index contributed by atoms with van der Waals surface area (Å²) >= 11 is 2.63. The Morgan fingerprint density at radius 2 is 0.780 bits per heavy atom. The predicted molar refractivity (Wildman–Crippen MR) is 208 cm³/mol. The third kappa shape index (κ3) is 9.35. The Labute approximate surface area is 338 Å². The normalized spacial score (nSPS) is 16.0. The van der Waals surface area contributed by atoms with Crippen molar-refractivity contribution in [1.29, 1.82) is 0 Å². The van der Waals surface area contributed by atoms with Crippen LogP contribution >= 0.6 is 0 Å². The fraction of sp³-hybridized carbons (Fsp3) is 0.511. The van der Waals surface area contributed by atoms with E-state index in [0.717, 1.165) is 6.42 Å². The molecule has 0 spiro atoms. The van der Waals surface area contributed by atoms with E-state index in [2.05, 4.69) is 183 Å². The van der Waals surface area contributed by atoms with Crippen LogP contribution in [0.2, 0.25) is 3.34 Å². The minimum Gasteiger partial charge on any atom is -1.00 e. The van der Waals surface area contributed by atoms with Crippen LogP contribution in [0, 0.1) is 0 Å². The van der Waals surface area contributed by atoms with Gasteiger partial charge in [0.1, 0.15) is 0 Å².